The fourth-order valence-electron chi connectivity index (χ4n) is 2.68. The number of rotatable bonds is 7. The molecule has 0 unspecified atom stereocenters. The summed E-state index contributed by atoms with van der Waals surface area (Å²) in [4.78, 5) is 12.5. The Morgan fingerprint density at radius 2 is 1.83 bits per heavy atom. The van der Waals surface area contributed by atoms with Crippen LogP contribution in [0.3, 0.4) is 0 Å². The highest BCUT2D eigenvalue weighted by molar-refractivity contribution is 6.09. The van der Waals surface area contributed by atoms with Crippen LogP contribution in [-0.4, -0.2) is 13.0 Å². The van der Waals surface area contributed by atoms with E-state index in [1.165, 1.54) is 31.4 Å². The van der Waals surface area contributed by atoms with Crippen LogP contribution in [0.15, 0.2) is 78.4 Å². The first-order valence-electron chi connectivity index (χ1n) is 9.13. The molecule has 0 aliphatic heterocycles. The number of carbonyl (C=O) groups excluding carboxylic acids is 1. The summed E-state index contributed by atoms with van der Waals surface area (Å²) < 4.78 is 25.0. The third-order valence-electron chi connectivity index (χ3n) is 4.24. The van der Waals surface area contributed by atoms with Gasteiger partial charge in [-0.15, -0.1) is 0 Å². The van der Waals surface area contributed by atoms with Crippen molar-refractivity contribution in [1.82, 2.24) is 0 Å². The lowest BCUT2D eigenvalue weighted by atomic mass is 10.1. The van der Waals surface area contributed by atoms with Crippen LogP contribution in [-0.2, 0) is 11.4 Å². The van der Waals surface area contributed by atoms with Crippen molar-refractivity contribution in [3.8, 4) is 17.6 Å². The number of methoxy groups -OCH3 is 1. The van der Waals surface area contributed by atoms with Crippen molar-refractivity contribution in [1.29, 1.82) is 5.26 Å². The molecule has 0 aliphatic carbocycles. The number of halogens is 1. The molecule has 0 aromatic heterocycles. The molecule has 0 spiro atoms. The number of ether oxygens (including phenoxy) is 2. The molecule has 0 bridgehead atoms. The zero-order chi connectivity index (χ0) is 21.3. The van der Waals surface area contributed by atoms with E-state index in [4.69, 9.17) is 9.47 Å². The van der Waals surface area contributed by atoms with Crippen molar-refractivity contribution < 1.29 is 18.7 Å². The van der Waals surface area contributed by atoms with E-state index >= 15 is 0 Å². The lowest BCUT2D eigenvalue weighted by Crippen LogP contribution is -2.14. The molecule has 0 atom stereocenters. The number of nitriles is 1. The second kappa shape index (κ2) is 9.89. The average molecular weight is 402 g/mol. The molecule has 0 fully saturated rings. The van der Waals surface area contributed by atoms with Crippen molar-refractivity contribution in [2.45, 2.75) is 6.61 Å². The van der Waals surface area contributed by atoms with Gasteiger partial charge in [0.25, 0.3) is 5.91 Å². The smallest absolute Gasteiger partial charge is 0.266 e. The van der Waals surface area contributed by atoms with E-state index in [2.05, 4.69) is 5.32 Å². The number of anilines is 1. The number of amides is 1. The van der Waals surface area contributed by atoms with Crippen LogP contribution in [0.25, 0.3) is 6.08 Å². The lowest BCUT2D eigenvalue weighted by Gasteiger charge is -2.12. The highest BCUT2D eigenvalue weighted by Crippen LogP contribution is 2.28. The average Bonchev–Trinajstić information content (AvgIpc) is 2.78. The molecule has 1 N–H and O–H groups in total. The van der Waals surface area contributed by atoms with E-state index in [9.17, 15) is 14.4 Å². The van der Waals surface area contributed by atoms with Gasteiger partial charge in [-0.25, -0.2) is 4.39 Å². The van der Waals surface area contributed by atoms with Crippen LogP contribution in [0.2, 0.25) is 0 Å². The molecule has 3 aromatic rings. The molecule has 150 valence electrons. The lowest BCUT2D eigenvalue weighted by molar-refractivity contribution is -0.112. The van der Waals surface area contributed by atoms with Gasteiger partial charge in [-0.05, 0) is 35.9 Å². The molecule has 30 heavy (non-hydrogen) atoms. The number of para-hydroxylation sites is 1. The standard InChI is InChI=1S/C24H19FN2O3/c1-29-20-12-11-18(23(14-20)30-16-17-7-3-2-4-8-17)13-19(15-26)24(28)27-22-10-6-5-9-21(22)25/h2-14H,16H2,1H3,(H,27,28)/b19-13+. The second-order valence-electron chi connectivity index (χ2n) is 6.28. The summed E-state index contributed by atoms with van der Waals surface area (Å²) in [7, 11) is 1.54. The summed E-state index contributed by atoms with van der Waals surface area (Å²) in [5.41, 5.74) is 1.30. The van der Waals surface area contributed by atoms with Crippen LogP contribution in [0, 0.1) is 17.1 Å². The summed E-state index contributed by atoms with van der Waals surface area (Å²) in [5.74, 6) is -0.277. The van der Waals surface area contributed by atoms with Gasteiger partial charge in [0.1, 0.15) is 35.6 Å². The number of carbonyl (C=O) groups is 1. The topological polar surface area (TPSA) is 71.3 Å². The number of nitrogens with zero attached hydrogens (tertiary/aromatic N) is 1. The molecule has 5 nitrogen and oxygen atoms in total. The summed E-state index contributed by atoms with van der Waals surface area (Å²) in [5, 5.41) is 11.9. The van der Waals surface area contributed by atoms with Crippen molar-refractivity contribution >= 4 is 17.7 Å². The largest absolute Gasteiger partial charge is 0.497 e. The maximum absolute atomic E-state index is 13.8. The fraction of sp³-hybridized carbons (Fsp3) is 0.0833. The van der Waals surface area contributed by atoms with Gasteiger partial charge in [0.2, 0.25) is 0 Å². The maximum Gasteiger partial charge on any atom is 0.266 e. The van der Waals surface area contributed by atoms with Crippen molar-refractivity contribution in [3.05, 3.63) is 95.3 Å². The van der Waals surface area contributed by atoms with Crippen LogP contribution < -0.4 is 14.8 Å². The van der Waals surface area contributed by atoms with Crippen molar-refractivity contribution in [3.63, 3.8) is 0 Å². The molecular formula is C24H19FN2O3. The van der Waals surface area contributed by atoms with E-state index in [-0.39, 0.29) is 11.3 Å². The molecule has 0 saturated carbocycles. The normalized spacial score (nSPS) is 10.8. The first-order chi connectivity index (χ1) is 14.6. The zero-order valence-electron chi connectivity index (χ0n) is 16.3. The van der Waals surface area contributed by atoms with Gasteiger partial charge in [0.15, 0.2) is 0 Å². The Morgan fingerprint density at radius 1 is 1.10 bits per heavy atom. The number of nitrogens with one attached hydrogen (secondary N) is 1. The summed E-state index contributed by atoms with van der Waals surface area (Å²) in [6, 6.07) is 22.3. The minimum atomic E-state index is -0.715. The molecule has 0 radical (unpaired) electrons. The quantitative estimate of drug-likeness (QED) is 0.448. The Morgan fingerprint density at radius 3 is 2.53 bits per heavy atom. The van der Waals surface area contributed by atoms with Gasteiger partial charge in [0, 0.05) is 11.6 Å². The first-order valence-corrected chi connectivity index (χ1v) is 9.13. The molecule has 0 saturated heterocycles. The molecular weight excluding hydrogens is 383 g/mol. The Balaban J connectivity index is 1.86. The first kappa shape index (κ1) is 20.6. The van der Waals surface area contributed by atoms with Gasteiger partial charge < -0.3 is 14.8 Å². The number of hydrogen-bond donors (Lipinski definition) is 1. The van der Waals surface area contributed by atoms with Crippen molar-refractivity contribution in [2.24, 2.45) is 0 Å². The van der Waals surface area contributed by atoms with Crippen molar-refractivity contribution in [2.75, 3.05) is 12.4 Å². The SMILES string of the molecule is COc1ccc(/C=C(\C#N)C(=O)Nc2ccccc2F)c(OCc2ccccc2)c1. The van der Waals surface area contributed by atoms with Gasteiger partial charge >= 0.3 is 0 Å². The minimum absolute atomic E-state index is 0.000989. The Hall–Kier alpha value is -4.11. The van der Waals surface area contributed by atoms with Crippen LogP contribution in [0.5, 0.6) is 11.5 Å². The van der Waals surface area contributed by atoms with Gasteiger partial charge in [-0.3, -0.25) is 4.79 Å². The molecule has 3 rings (SSSR count). The monoisotopic (exact) mass is 402 g/mol. The molecule has 0 aliphatic rings. The Bertz CT molecular complexity index is 1100. The van der Waals surface area contributed by atoms with E-state index in [1.807, 2.05) is 36.4 Å². The molecule has 6 heteroatoms. The number of benzene rings is 3. The number of hydrogen-bond acceptors (Lipinski definition) is 4. The highest BCUT2D eigenvalue weighted by atomic mass is 19.1. The highest BCUT2D eigenvalue weighted by Gasteiger charge is 2.14. The summed E-state index contributed by atoms with van der Waals surface area (Å²) in [6.45, 7) is 0.304. The van der Waals surface area contributed by atoms with Gasteiger partial charge in [0.05, 0.1) is 12.8 Å². The zero-order valence-corrected chi connectivity index (χ0v) is 16.3. The third kappa shape index (κ3) is 5.24. The van der Waals surface area contributed by atoms with Crippen LogP contribution in [0.4, 0.5) is 10.1 Å². The van der Waals surface area contributed by atoms with Crippen LogP contribution >= 0.6 is 0 Å². The Kier molecular flexibility index (Phi) is 6.80. The fourth-order valence-corrected chi connectivity index (χ4v) is 2.68. The Labute approximate surface area is 174 Å². The molecule has 0 heterocycles. The maximum atomic E-state index is 13.8. The predicted molar refractivity (Wildman–Crippen MR) is 112 cm³/mol. The van der Waals surface area contributed by atoms with E-state index < -0.39 is 11.7 Å². The van der Waals surface area contributed by atoms with Gasteiger partial charge in [-0.1, -0.05) is 42.5 Å². The molecule has 1 amide bonds. The van der Waals surface area contributed by atoms with Crippen LogP contribution in [0.1, 0.15) is 11.1 Å². The van der Waals surface area contributed by atoms with E-state index in [0.29, 0.717) is 23.7 Å². The molecule has 3 aromatic carbocycles. The second-order valence-corrected chi connectivity index (χ2v) is 6.28. The van der Waals surface area contributed by atoms with Gasteiger partial charge in [-0.2, -0.15) is 5.26 Å². The van der Waals surface area contributed by atoms with E-state index in [0.717, 1.165) is 5.56 Å². The summed E-state index contributed by atoms with van der Waals surface area (Å²) >= 11 is 0. The van der Waals surface area contributed by atoms with E-state index in [1.54, 1.807) is 24.3 Å². The predicted octanol–water partition coefficient (Wildman–Crippen LogP) is 4.96. The minimum Gasteiger partial charge on any atom is -0.497 e. The third-order valence-corrected chi connectivity index (χ3v) is 4.24. The summed E-state index contributed by atoms with van der Waals surface area (Å²) in [6.07, 6.45) is 1.40.